The number of aliphatic hydroxyl groups is 1. The third kappa shape index (κ3) is 3.11. The van der Waals surface area contributed by atoms with Gasteiger partial charge in [-0.05, 0) is 19.1 Å². The summed E-state index contributed by atoms with van der Waals surface area (Å²) in [6, 6.07) is 6.00. The normalized spacial score (nSPS) is 23.9. The van der Waals surface area contributed by atoms with Gasteiger partial charge in [-0.25, -0.2) is 0 Å². The van der Waals surface area contributed by atoms with Gasteiger partial charge >= 0.3 is 0 Å². The van der Waals surface area contributed by atoms with Crippen molar-refractivity contribution < 1.29 is 14.6 Å². The summed E-state index contributed by atoms with van der Waals surface area (Å²) in [5.41, 5.74) is 0.956. The molecule has 19 heavy (non-hydrogen) atoms. The minimum atomic E-state index is -0.388. The first-order chi connectivity index (χ1) is 9.15. The van der Waals surface area contributed by atoms with Crippen LogP contribution in [0.2, 0.25) is 0 Å². The van der Waals surface area contributed by atoms with Gasteiger partial charge in [0, 0.05) is 31.7 Å². The van der Waals surface area contributed by atoms with Gasteiger partial charge in [0.25, 0.3) is 0 Å². The van der Waals surface area contributed by atoms with Crippen molar-refractivity contribution in [2.24, 2.45) is 0 Å². The lowest BCUT2D eigenvalue weighted by Gasteiger charge is -2.31. The first-order valence-corrected chi connectivity index (χ1v) is 6.53. The van der Waals surface area contributed by atoms with E-state index in [4.69, 9.17) is 9.47 Å². The van der Waals surface area contributed by atoms with Crippen LogP contribution in [0.5, 0.6) is 11.5 Å². The van der Waals surface area contributed by atoms with Crippen LogP contribution in [-0.4, -0.2) is 51.1 Å². The molecule has 1 aromatic rings. The maximum absolute atomic E-state index is 9.95. The third-order valence-electron chi connectivity index (χ3n) is 3.45. The molecule has 0 saturated carbocycles. The number of rotatable bonds is 3. The van der Waals surface area contributed by atoms with Crippen molar-refractivity contribution in [1.82, 2.24) is 5.32 Å². The van der Waals surface area contributed by atoms with E-state index in [0.29, 0.717) is 13.1 Å². The Labute approximate surface area is 114 Å². The summed E-state index contributed by atoms with van der Waals surface area (Å²) in [4.78, 5) is 2.16. The minimum Gasteiger partial charge on any atom is -0.497 e. The standard InChI is InChI=1S/C14H22N2O3/c1-10-7-15-8-11(17)9-16(10)13-6-12(18-2)4-5-14(13)19-3/h4-6,10-11,15,17H,7-9H2,1-3H3. The Kier molecular flexibility index (Phi) is 4.50. The van der Waals surface area contributed by atoms with Gasteiger partial charge in [0.1, 0.15) is 11.5 Å². The molecule has 1 heterocycles. The lowest BCUT2D eigenvalue weighted by atomic mass is 10.2. The molecule has 1 aliphatic heterocycles. The number of hydrogen-bond donors (Lipinski definition) is 2. The van der Waals surface area contributed by atoms with Gasteiger partial charge in [-0.2, -0.15) is 0 Å². The molecule has 0 bridgehead atoms. The van der Waals surface area contributed by atoms with E-state index in [0.717, 1.165) is 23.7 Å². The molecule has 2 rings (SSSR count). The molecule has 106 valence electrons. The number of benzene rings is 1. The number of hydrogen-bond acceptors (Lipinski definition) is 5. The second kappa shape index (κ2) is 6.12. The second-order valence-electron chi connectivity index (χ2n) is 4.85. The Morgan fingerprint density at radius 2 is 2.05 bits per heavy atom. The molecule has 2 N–H and O–H groups in total. The van der Waals surface area contributed by atoms with Crippen molar-refractivity contribution in [1.29, 1.82) is 0 Å². The van der Waals surface area contributed by atoms with Gasteiger partial charge in [0.2, 0.25) is 0 Å². The number of anilines is 1. The molecule has 2 unspecified atom stereocenters. The zero-order valence-electron chi connectivity index (χ0n) is 11.7. The summed E-state index contributed by atoms with van der Waals surface area (Å²) in [5, 5.41) is 13.2. The largest absolute Gasteiger partial charge is 0.497 e. The summed E-state index contributed by atoms with van der Waals surface area (Å²) >= 11 is 0. The average molecular weight is 266 g/mol. The van der Waals surface area contributed by atoms with Crippen molar-refractivity contribution in [3.8, 4) is 11.5 Å². The maximum Gasteiger partial charge on any atom is 0.142 e. The Balaban J connectivity index is 2.36. The van der Waals surface area contributed by atoms with Crippen LogP contribution in [0.25, 0.3) is 0 Å². The molecule has 0 aromatic heterocycles. The molecular formula is C14H22N2O3. The molecule has 5 nitrogen and oxygen atoms in total. The van der Waals surface area contributed by atoms with E-state index in [1.165, 1.54) is 0 Å². The first kappa shape index (κ1) is 14.0. The predicted molar refractivity (Wildman–Crippen MR) is 75.2 cm³/mol. The highest BCUT2D eigenvalue weighted by Crippen LogP contribution is 2.33. The third-order valence-corrected chi connectivity index (χ3v) is 3.45. The maximum atomic E-state index is 9.95. The van der Waals surface area contributed by atoms with E-state index >= 15 is 0 Å². The van der Waals surface area contributed by atoms with Crippen LogP contribution in [-0.2, 0) is 0 Å². The number of aliphatic hydroxyl groups excluding tert-OH is 1. The summed E-state index contributed by atoms with van der Waals surface area (Å²) in [7, 11) is 3.30. The summed E-state index contributed by atoms with van der Waals surface area (Å²) in [6.07, 6.45) is -0.388. The molecule has 0 amide bonds. The van der Waals surface area contributed by atoms with Crippen molar-refractivity contribution in [2.75, 3.05) is 38.8 Å². The highest BCUT2D eigenvalue weighted by atomic mass is 16.5. The van der Waals surface area contributed by atoms with Crippen LogP contribution in [0.15, 0.2) is 18.2 Å². The highest BCUT2D eigenvalue weighted by Gasteiger charge is 2.24. The van der Waals surface area contributed by atoms with Crippen molar-refractivity contribution in [2.45, 2.75) is 19.1 Å². The fourth-order valence-electron chi connectivity index (χ4n) is 2.40. The van der Waals surface area contributed by atoms with E-state index in [1.54, 1.807) is 14.2 Å². The minimum absolute atomic E-state index is 0.276. The lowest BCUT2D eigenvalue weighted by molar-refractivity contribution is 0.184. The highest BCUT2D eigenvalue weighted by molar-refractivity contribution is 5.62. The predicted octanol–water partition coefficient (Wildman–Crippen LogP) is 0.863. The average Bonchev–Trinajstić information content (AvgIpc) is 2.59. The fraction of sp³-hybridized carbons (Fsp3) is 0.571. The Hall–Kier alpha value is -1.46. The van der Waals surface area contributed by atoms with Gasteiger partial charge in [0.05, 0.1) is 26.0 Å². The lowest BCUT2D eigenvalue weighted by Crippen LogP contribution is -2.39. The van der Waals surface area contributed by atoms with E-state index in [2.05, 4.69) is 17.1 Å². The summed E-state index contributed by atoms with van der Waals surface area (Å²) in [6.45, 7) is 4.16. The first-order valence-electron chi connectivity index (χ1n) is 6.53. The monoisotopic (exact) mass is 266 g/mol. The quantitative estimate of drug-likeness (QED) is 0.850. The van der Waals surface area contributed by atoms with Crippen LogP contribution in [0.3, 0.4) is 0 Å². The van der Waals surface area contributed by atoms with Crippen LogP contribution in [0, 0.1) is 0 Å². The van der Waals surface area contributed by atoms with Gasteiger partial charge in [-0.3, -0.25) is 0 Å². The second-order valence-corrected chi connectivity index (χ2v) is 4.85. The van der Waals surface area contributed by atoms with Crippen LogP contribution in [0.1, 0.15) is 6.92 Å². The zero-order valence-corrected chi connectivity index (χ0v) is 11.7. The van der Waals surface area contributed by atoms with Gasteiger partial charge < -0.3 is 24.8 Å². The molecular weight excluding hydrogens is 244 g/mol. The SMILES string of the molecule is COc1ccc(OC)c(N2CC(O)CNCC2C)c1. The summed E-state index contributed by atoms with van der Waals surface area (Å²) < 4.78 is 10.7. The van der Waals surface area contributed by atoms with Crippen LogP contribution >= 0.6 is 0 Å². The molecule has 1 saturated heterocycles. The molecule has 1 aliphatic rings. The Morgan fingerprint density at radius 1 is 1.26 bits per heavy atom. The number of nitrogens with one attached hydrogen (secondary N) is 1. The van der Waals surface area contributed by atoms with Gasteiger partial charge in [0.15, 0.2) is 0 Å². The number of methoxy groups -OCH3 is 2. The molecule has 1 fully saturated rings. The molecule has 0 spiro atoms. The fourth-order valence-corrected chi connectivity index (χ4v) is 2.40. The van der Waals surface area contributed by atoms with Crippen LogP contribution in [0.4, 0.5) is 5.69 Å². The Bertz CT molecular complexity index is 425. The van der Waals surface area contributed by atoms with E-state index in [1.807, 2.05) is 18.2 Å². The molecule has 1 aromatic carbocycles. The topological polar surface area (TPSA) is 54.0 Å². The molecule has 2 atom stereocenters. The molecule has 5 heteroatoms. The van der Waals surface area contributed by atoms with Crippen LogP contribution < -0.4 is 19.7 Å². The van der Waals surface area contributed by atoms with Crippen molar-refractivity contribution in [3.63, 3.8) is 0 Å². The van der Waals surface area contributed by atoms with Gasteiger partial charge in [-0.1, -0.05) is 0 Å². The van der Waals surface area contributed by atoms with Gasteiger partial charge in [-0.15, -0.1) is 0 Å². The van der Waals surface area contributed by atoms with Crippen molar-refractivity contribution >= 4 is 5.69 Å². The zero-order chi connectivity index (χ0) is 13.8. The van der Waals surface area contributed by atoms with E-state index in [-0.39, 0.29) is 12.1 Å². The smallest absolute Gasteiger partial charge is 0.142 e. The number of ether oxygens (including phenoxy) is 2. The summed E-state index contributed by atoms with van der Waals surface area (Å²) in [5.74, 6) is 1.58. The van der Waals surface area contributed by atoms with E-state index in [9.17, 15) is 5.11 Å². The molecule has 0 radical (unpaired) electrons. The Morgan fingerprint density at radius 3 is 2.74 bits per heavy atom. The van der Waals surface area contributed by atoms with E-state index < -0.39 is 0 Å². The number of β-amino-alcohol motifs (C(OH)–C–C–N with tert-alkyl or cyclic N) is 1. The van der Waals surface area contributed by atoms with Crippen molar-refractivity contribution in [3.05, 3.63) is 18.2 Å². The number of nitrogens with zero attached hydrogens (tertiary/aromatic N) is 1. The molecule has 0 aliphatic carbocycles.